The smallest absolute Gasteiger partial charge is 0.0468 e. The second kappa shape index (κ2) is 4.50. The van der Waals surface area contributed by atoms with Crippen LogP contribution in [0.4, 0.5) is 0 Å². The zero-order valence-electron chi connectivity index (χ0n) is 5.61. The Morgan fingerprint density at radius 2 is 2.00 bits per heavy atom. The molecule has 1 heterocycles. The van der Waals surface area contributed by atoms with Crippen LogP contribution in [0, 0.1) is 5.92 Å². The van der Waals surface area contributed by atoms with E-state index in [1.165, 1.54) is 23.7 Å². The molecule has 9 heavy (non-hydrogen) atoms. The molecule has 1 saturated heterocycles. The molecule has 0 aromatic rings. The number of ether oxygens (including phenoxy) is 1. The molecule has 1 rings (SSSR count). The maximum atomic E-state index is 5.24. The minimum absolute atomic E-state index is 0.968. The third-order valence-corrected chi connectivity index (χ3v) is 2.48. The molecule has 0 N–H and O–H groups in total. The lowest BCUT2D eigenvalue weighted by Crippen LogP contribution is -2.15. The van der Waals surface area contributed by atoms with Gasteiger partial charge in [-0.05, 0) is 29.6 Å². The minimum Gasteiger partial charge on any atom is -0.381 e. The van der Waals surface area contributed by atoms with Crippen LogP contribution in [-0.2, 0) is 4.74 Å². The van der Waals surface area contributed by atoms with E-state index >= 15 is 0 Å². The van der Waals surface area contributed by atoms with E-state index in [0.717, 1.165) is 19.1 Å². The highest BCUT2D eigenvalue weighted by molar-refractivity contribution is 14.1. The molecule has 1 fully saturated rings. The average molecular weight is 240 g/mol. The zero-order valence-corrected chi connectivity index (χ0v) is 7.76. The van der Waals surface area contributed by atoms with Crippen molar-refractivity contribution in [2.24, 2.45) is 5.92 Å². The predicted octanol–water partition coefficient (Wildman–Crippen LogP) is 2.24. The first kappa shape index (κ1) is 7.79. The molecule has 0 amide bonds. The third-order valence-electron chi connectivity index (χ3n) is 1.86. The van der Waals surface area contributed by atoms with Gasteiger partial charge in [-0.3, -0.25) is 0 Å². The van der Waals surface area contributed by atoms with Crippen LogP contribution < -0.4 is 0 Å². The van der Waals surface area contributed by atoms with Crippen molar-refractivity contribution in [2.45, 2.75) is 19.3 Å². The summed E-state index contributed by atoms with van der Waals surface area (Å²) in [5.74, 6) is 0.968. The van der Waals surface area contributed by atoms with Gasteiger partial charge >= 0.3 is 0 Å². The molecular weight excluding hydrogens is 227 g/mol. The van der Waals surface area contributed by atoms with Crippen molar-refractivity contribution >= 4 is 22.6 Å². The largest absolute Gasteiger partial charge is 0.381 e. The lowest BCUT2D eigenvalue weighted by atomic mass is 9.98. The third kappa shape index (κ3) is 2.85. The Morgan fingerprint density at radius 3 is 2.56 bits per heavy atom. The molecule has 0 saturated carbocycles. The second-order valence-electron chi connectivity index (χ2n) is 2.53. The average Bonchev–Trinajstić information content (AvgIpc) is 1.91. The first-order chi connectivity index (χ1) is 4.43. The van der Waals surface area contributed by atoms with Gasteiger partial charge in [0.05, 0.1) is 0 Å². The molecule has 0 aliphatic carbocycles. The van der Waals surface area contributed by atoms with Crippen LogP contribution in [0.5, 0.6) is 0 Å². The fourth-order valence-electron chi connectivity index (χ4n) is 1.19. The topological polar surface area (TPSA) is 9.23 Å². The summed E-state index contributed by atoms with van der Waals surface area (Å²) in [7, 11) is 0. The SMILES string of the molecule is ICCC1CCOCC1. The van der Waals surface area contributed by atoms with E-state index in [2.05, 4.69) is 22.6 Å². The first-order valence-corrected chi connectivity index (χ1v) is 5.09. The van der Waals surface area contributed by atoms with E-state index in [1.54, 1.807) is 0 Å². The number of halogens is 1. The fourth-order valence-corrected chi connectivity index (χ4v) is 2.07. The maximum Gasteiger partial charge on any atom is 0.0468 e. The van der Waals surface area contributed by atoms with Gasteiger partial charge in [0.25, 0.3) is 0 Å². The molecule has 0 bridgehead atoms. The van der Waals surface area contributed by atoms with E-state index in [1.807, 2.05) is 0 Å². The Bertz CT molecular complexity index is 66.6. The van der Waals surface area contributed by atoms with Crippen LogP contribution >= 0.6 is 22.6 Å². The van der Waals surface area contributed by atoms with Crippen LogP contribution in [0.15, 0.2) is 0 Å². The molecule has 0 atom stereocenters. The van der Waals surface area contributed by atoms with Gasteiger partial charge in [0.1, 0.15) is 0 Å². The van der Waals surface area contributed by atoms with Gasteiger partial charge in [-0.25, -0.2) is 0 Å². The van der Waals surface area contributed by atoms with Gasteiger partial charge in [0, 0.05) is 13.2 Å². The number of hydrogen-bond acceptors (Lipinski definition) is 1. The quantitative estimate of drug-likeness (QED) is 0.531. The Hall–Kier alpha value is 0.690. The van der Waals surface area contributed by atoms with Gasteiger partial charge < -0.3 is 4.74 Å². The number of alkyl halides is 1. The Kier molecular flexibility index (Phi) is 3.89. The van der Waals surface area contributed by atoms with E-state index in [4.69, 9.17) is 4.74 Å². The van der Waals surface area contributed by atoms with Crippen LogP contribution in [0.2, 0.25) is 0 Å². The molecule has 1 aliphatic rings. The molecule has 0 unspecified atom stereocenters. The van der Waals surface area contributed by atoms with Crippen LogP contribution in [0.3, 0.4) is 0 Å². The molecule has 2 heteroatoms. The standard InChI is InChI=1S/C7H13IO/c8-4-1-7-2-5-9-6-3-7/h7H,1-6H2. The highest BCUT2D eigenvalue weighted by Gasteiger charge is 2.11. The van der Waals surface area contributed by atoms with E-state index < -0.39 is 0 Å². The molecular formula is C7H13IO. The van der Waals surface area contributed by atoms with E-state index in [9.17, 15) is 0 Å². The Balaban J connectivity index is 2.08. The zero-order chi connectivity index (χ0) is 6.53. The normalized spacial score (nSPS) is 22.3. The molecule has 1 aliphatic heterocycles. The van der Waals surface area contributed by atoms with Gasteiger partial charge in [0.15, 0.2) is 0 Å². The summed E-state index contributed by atoms with van der Waals surface area (Å²) in [4.78, 5) is 0. The molecule has 0 spiro atoms. The highest BCUT2D eigenvalue weighted by Crippen LogP contribution is 2.18. The van der Waals surface area contributed by atoms with Gasteiger partial charge in [-0.2, -0.15) is 0 Å². The van der Waals surface area contributed by atoms with Crippen molar-refractivity contribution in [2.75, 3.05) is 17.6 Å². The van der Waals surface area contributed by atoms with E-state index in [0.29, 0.717) is 0 Å². The van der Waals surface area contributed by atoms with Crippen LogP contribution in [0.1, 0.15) is 19.3 Å². The van der Waals surface area contributed by atoms with Gasteiger partial charge in [-0.1, -0.05) is 22.6 Å². The minimum atomic E-state index is 0.968. The summed E-state index contributed by atoms with van der Waals surface area (Å²) in [5.41, 5.74) is 0. The van der Waals surface area contributed by atoms with Crippen molar-refractivity contribution in [3.8, 4) is 0 Å². The summed E-state index contributed by atoms with van der Waals surface area (Å²) in [6.45, 7) is 2.00. The Morgan fingerprint density at radius 1 is 1.33 bits per heavy atom. The lowest BCUT2D eigenvalue weighted by Gasteiger charge is -2.20. The fraction of sp³-hybridized carbons (Fsp3) is 1.00. The van der Waals surface area contributed by atoms with Crippen molar-refractivity contribution in [1.82, 2.24) is 0 Å². The van der Waals surface area contributed by atoms with Crippen molar-refractivity contribution in [3.63, 3.8) is 0 Å². The summed E-state index contributed by atoms with van der Waals surface area (Å²) < 4.78 is 6.55. The first-order valence-electron chi connectivity index (χ1n) is 3.57. The monoisotopic (exact) mass is 240 g/mol. The molecule has 0 radical (unpaired) electrons. The summed E-state index contributed by atoms with van der Waals surface area (Å²) in [5, 5.41) is 0. The van der Waals surface area contributed by atoms with E-state index in [-0.39, 0.29) is 0 Å². The summed E-state index contributed by atoms with van der Waals surface area (Å²) in [6.07, 6.45) is 3.98. The van der Waals surface area contributed by atoms with Crippen molar-refractivity contribution in [1.29, 1.82) is 0 Å². The molecule has 1 nitrogen and oxygen atoms in total. The maximum absolute atomic E-state index is 5.24. The Labute approximate surface area is 70.3 Å². The molecule has 0 aromatic heterocycles. The van der Waals surface area contributed by atoms with Crippen molar-refractivity contribution in [3.05, 3.63) is 0 Å². The summed E-state index contributed by atoms with van der Waals surface area (Å²) in [6, 6.07) is 0. The van der Waals surface area contributed by atoms with Gasteiger partial charge in [-0.15, -0.1) is 0 Å². The van der Waals surface area contributed by atoms with Crippen molar-refractivity contribution < 1.29 is 4.74 Å². The van der Waals surface area contributed by atoms with Gasteiger partial charge in [0.2, 0.25) is 0 Å². The number of hydrogen-bond donors (Lipinski definition) is 0. The highest BCUT2D eigenvalue weighted by atomic mass is 127. The summed E-state index contributed by atoms with van der Waals surface area (Å²) >= 11 is 2.45. The van der Waals surface area contributed by atoms with Crippen LogP contribution in [0.25, 0.3) is 0 Å². The predicted molar refractivity (Wildman–Crippen MR) is 47.0 cm³/mol. The molecule has 0 aromatic carbocycles. The molecule has 54 valence electrons. The lowest BCUT2D eigenvalue weighted by molar-refractivity contribution is 0.0659. The van der Waals surface area contributed by atoms with Crippen LogP contribution in [-0.4, -0.2) is 17.6 Å². The second-order valence-corrected chi connectivity index (χ2v) is 3.61. The number of rotatable bonds is 2.